The van der Waals surface area contributed by atoms with Gasteiger partial charge in [-0.25, -0.2) is 5.10 Å². The van der Waals surface area contributed by atoms with Gasteiger partial charge in [0, 0.05) is 0 Å². The molecule has 0 aliphatic rings. The molecule has 122 valence electrons. The summed E-state index contributed by atoms with van der Waals surface area (Å²) in [4.78, 5) is 0. The maximum Gasteiger partial charge on any atom is 0.216 e. The lowest BCUT2D eigenvalue weighted by atomic mass is 10.1. The van der Waals surface area contributed by atoms with E-state index in [4.69, 9.17) is 17.0 Å². The van der Waals surface area contributed by atoms with E-state index in [0.717, 1.165) is 17.7 Å². The molecule has 3 aromatic rings. The predicted octanol–water partition coefficient (Wildman–Crippen LogP) is 3.96. The van der Waals surface area contributed by atoms with E-state index in [9.17, 15) is 0 Å². The molecular weight excluding hydrogens is 320 g/mol. The van der Waals surface area contributed by atoms with Crippen molar-refractivity contribution in [3.63, 3.8) is 0 Å². The maximum atomic E-state index is 5.70. The van der Waals surface area contributed by atoms with Crippen LogP contribution in [0, 0.1) is 4.77 Å². The Morgan fingerprint density at radius 2 is 1.92 bits per heavy atom. The van der Waals surface area contributed by atoms with E-state index in [0.29, 0.717) is 10.6 Å². The van der Waals surface area contributed by atoms with Crippen LogP contribution in [-0.4, -0.2) is 21.1 Å². The Labute approximate surface area is 145 Å². The van der Waals surface area contributed by atoms with Crippen molar-refractivity contribution in [2.45, 2.75) is 20.0 Å². The van der Waals surface area contributed by atoms with Crippen LogP contribution in [0.2, 0.25) is 0 Å². The fourth-order valence-electron chi connectivity index (χ4n) is 2.17. The largest absolute Gasteiger partial charge is 0.486 e. The molecule has 0 fully saturated rings. The van der Waals surface area contributed by atoms with Crippen molar-refractivity contribution in [2.24, 2.45) is 5.10 Å². The molecule has 1 heterocycles. The summed E-state index contributed by atoms with van der Waals surface area (Å²) in [6, 6.07) is 17.8. The molecule has 2 aromatic carbocycles. The van der Waals surface area contributed by atoms with Crippen molar-refractivity contribution in [3.05, 3.63) is 76.3 Å². The molecule has 1 N–H and O–H groups in total. The lowest BCUT2D eigenvalue weighted by Gasteiger charge is -2.05. The van der Waals surface area contributed by atoms with Crippen LogP contribution in [0.1, 0.15) is 23.9 Å². The van der Waals surface area contributed by atoms with Gasteiger partial charge in [0.1, 0.15) is 12.4 Å². The Morgan fingerprint density at radius 3 is 2.62 bits per heavy atom. The Morgan fingerprint density at radius 1 is 1.17 bits per heavy atom. The lowest BCUT2D eigenvalue weighted by molar-refractivity contribution is 0.290. The van der Waals surface area contributed by atoms with E-state index in [1.807, 2.05) is 42.5 Å². The number of rotatable bonds is 6. The SMILES string of the molecule is CCc1ccc(C=Nn2c(COc3ccccc3)n[nH]c2=S)cc1. The van der Waals surface area contributed by atoms with Crippen LogP contribution in [0.4, 0.5) is 0 Å². The fraction of sp³-hybridized carbons (Fsp3) is 0.167. The van der Waals surface area contributed by atoms with Gasteiger partial charge in [0.25, 0.3) is 0 Å². The van der Waals surface area contributed by atoms with Crippen molar-refractivity contribution in [1.29, 1.82) is 0 Å². The highest BCUT2D eigenvalue weighted by molar-refractivity contribution is 7.71. The number of hydrogen-bond donors (Lipinski definition) is 1. The molecule has 6 heteroatoms. The molecule has 0 aliphatic heterocycles. The predicted molar refractivity (Wildman–Crippen MR) is 97.0 cm³/mol. The number of aromatic amines is 1. The number of aromatic nitrogens is 3. The molecule has 0 spiro atoms. The summed E-state index contributed by atoms with van der Waals surface area (Å²) in [5.41, 5.74) is 2.30. The topological polar surface area (TPSA) is 55.2 Å². The summed E-state index contributed by atoms with van der Waals surface area (Å²) < 4.78 is 7.71. The molecule has 0 saturated carbocycles. The summed E-state index contributed by atoms with van der Waals surface area (Å²) in [5, 5.41) is 11.3. The maximum absolute atomic E-state index is 5.70. The van der Waals surface area contributed by atoms with Gasteiger partial charge in [-0.1, -0.05) is 49.4 Å². The van der Waals surface area contributed by atoms with Gasteiger partial charge in [-0.3, -0.25) is 0 Å². The first-order valence-electron chi connectivity index (χ1n) is 7.73. The zero-order chi connectivity index (χ0) is 16.8. The summed E-state index contributed by atoms with van der Waals surface area (Å²) in [6.07, 6.45) is 2.78. The van der Waals surface area contributed by atoms with Crippen LogP contribution in [-0.2, 0) is 13.0 Å². The van der Waals surface area contributed by atoms with Crippen LogP contribution in [0.3, 0.4) is 0 Å². The van der Waals surface area contributed by atoms with Crippen molar-refractivity contribution in [1.82, 2.24) is 14.9 Å². The number of H-pyrrole nitrogens is 1. The minimum atomic E-state index is 0.281. The number of benzene rings is 2. The zero-order valence-electron chi connectivity index (χ0n) is 13.3. The Balaban J connectivity index is 1.74. The van der Waals surface area contributed by atoms with Crippen molar-refractivity contribution >= 4 is 18.4 Å². The molecule has 5 nitrogen and oxygen atoms in total. The minimum Gasteiger partial charge on any atom is -0.486 e. The van der Waals surface area contributed by atoms with E-state index < -0.39 is 0 Å². The third-order valence-corrected chi connectivity index (χ3v) is 3.80. The average Bonchev–Trinajstić information content (AvgIpc) is 2.99. The number of aryl methyl sites for hydroxylation is 1. The smallest absolute Gasteiger partial charge is 0.216 e. The third-order valence-electron chi connectivity index (χ3n) is 3.54. The standard InChI is InChI=1S/C18H18N4OS/c1-2-14-8-10-15(11-9-14)12-19-22-17(20-21-18(22)24)13-23-16-6-4-3-5-7-16/h3-12H,2,13H2,1H3,(H,21,24). The van der Waals surface area contributed by atoms with Gasteiger partial charge in [-0.15, -0.1) is 0 Å². The molecule has 0 saturated heterocycles. The summed E-state index contributed by atoms with van der Waals surface area (Å²) in [7, 11) is 0. The van der Waals surface area contributed by atoms with Crippen LogP contribution >= 0.6 is 12.2 Å². The summed E-state index contributed by atoms with van der Waals surface area (Å²) in [5.74, 6) is 1.39. The Hall–Kier alpha value is -2.73. The molecule has 0 bridgehead atoms. The van der Waals surface area contributed by atoms with Gasteiger partial charge in [0.15, 0.2) is 5.82 Å². The molecule has 1 aromatic heterocycles. The highest BCUT2D eigenvalue weighted by atomic mass is 32.1. The second-order valence-electron chi connectivity index (χ2n) is 5.20. The van der Waals surface area contributed by atoms with Crippen LogP contribution in [0.5, 0.6) is 5.75 Å². The first-order valence-corrected chi connectivity index (χ1v) is 8.14. The normalized spacial score (nSPS) is 11.0. The van der Waals surface area contributed by atoms with Crippen molar-refractivity contribution in [3.8, 4) is 5.75 Å². The lowest BCUT2D eigenvalue weighted by Crippen LogP contribution is -2.04. The molecule has 3 rings (SSSR count). The van der Waals surface area contributed by atoms with E-state index in [1.165, 1.54) is 5.56 Å². The summed E-state index contributed by atoms with van der Waals surface area (Å²) >= 11 is 5.23. The highest BCUT2D eigenvalue weighted by Crippen LogP contribution is 2.11. The average molecular weight is 338 g/mol. The molecular formula is C18H18N4OS. The number of hydrogen-bond acceptors (Lipinski definition) is 4. The number of para-hydroxylation sites is 1. The third kappa shape index (κ3) is 3.97. The fourth-order valence-corrected chi connectivity index (χ4v) is 2.36. The molecule has 0 unspecified atom stereocenters. The van der Waals surface area contributed by atoms with E-state index in [2.05, 4.69) is 34.4 Å². The van der Waals surface area contributed by atoms with E-state index >= 15 is 0 Å². The number of nitrogens with zero attached hydrogens (tertiary/aromatic N) is 3. The van der Waals surface area contributed by atoms with Crippen LogP contribution in [0.25, 0.3) is 0 Å². The number of ether oxygens (including phenoxy) is 1. The van der Waals surface area contributed by atoms with Crippen LogP contribution in [0.15, 0.2) is 59.7 Å². The van der Waals surface area contributed by atoms with Gasteiger partial charge in [-0.05, 0) is 41.9 Å². The van der Waals surface area contributed by atoms with Crippen LogP contribution < -0.4 is 4.74 Å². The second-order valence-corrected chi connectivity index (χ2v) is 5.58. The Bertz CT molecular complexity index is 866. The molecule has 0 amide bonds. The highest BCUT2D eigenvalue weighted by Gasteiger charge is 2.06. The van der Waals surface area contributed by atoms with Gasteiger partial charge < -0.3 is 4.74 Å². The van der Waals surface area contributed by atoms with E-state index in [1.54, 1.807) is 10.9 Å². The Kier molecular flexibility index (Phi) is 5.18. The molecule has 24 heavy (non-hydrogen) atoms. The zero-order valence-corrected chi connectivity index (χ0v) is 14.2. The monoisotopic (exact) mass is 338 g/mol. The molecule has 0 atom stereocenters. The molecule has 0 radical (unpaired) electrons. The number of nitrogens with one attached hydrogen (secondary N) is 1. The van der Waals surface area contributed by atoms with Crippen molar-refractivity contribution < 1.29 is 4.74 Å². The quantitative estimate of drug-likeness (QED) is 0.547. The minimum absolute atomic E-state index is 0.281. The first-order chi connectivity index (χ1) is 11.8. The van der Waals surface area contributed by atoms with Crippen molar-refractivity contribution in [2.75, 3.05) is 0 Å². The van der Waals surface area contributed by atoms with Gasteiger partial charge >= 0.3 is 0 Å². The molecule has 0 aliphatic carbocycles. The first kappa shape index (κ1) is 16.1. The van der Waals surface area contributed by atoms with E-state index in [-0.39, 0.29) is 6.61 Å². The summed E-state index contributed by atoms with van der Waals surface area (Å²) in [6.45, 7) is 2.41. The second kappa shape index (κ2) is 7.70. The van der Waals surface area contributed by atoms with Gasteiger partial charge in [0.05, 0.1) is 6.21 Å². The van der Waals surface area contributed by atoms with Gasteiger partial charge in [-0.2, -0.15) is 14.9 Å². The van der Waals surface area contributed by atoms with Gasteiger partial charge in [0.2, 0.25) is 4.77 Å².